The van der Waals surface area contributed by atoms with E-state index in [9.17, 15) is 10.2 Å². The second-order valence-corrected chi connectivity index (χ2v) is 4.57. The van der Waals surface area contributed by atoms with Gasteiger partial charge in [-0.1, -0.05) is 0 Å². The minimum atomic E-state index is -1.40. The number of methoxy groups -OCH3 is 1. The summed E-state index contributed by atoms with van der Waals surface area (Å²) in [4.78, 5) is 0. The molecule has 16 heavy (non-hydrogen) atoms. The van der Waals surface area contributed by atoms with E-state index >= 15 is 0 Å². The fourth-order valence-corrected chi connectivity index (χ4v) is 2.12. The molecule has 0 aromatic heterocycles. The Labute approximate surface area is 94.1 Å². The third-order valence-electron chi connectivity index (χ3n) is 3.06. The lowest BCUT2D eigenvalue weighted by molar-refractivity contribution is -0.303. The number of hydrogen-bond acceptors (Lipinski definition) is 6. The van der Waals surface area contributed by atoms with Gasteiger partial charge in [0, 0.05) is 7.11 Å². The van der Waals surface area contributed by atoms with Crippen molar-refractivity contribution in [1.82, 2.24) is 0 Å². The first-order valence-electron chi connectivity index (χ1n) is 5.28. The van der Waals surface area contributed by atoms with E-state index in [1.165, 1.54) is 7.11 Å². The van der Waals surface area contributed by atoms with Gasteiger partial charge in [-0.25, -0.2) is 0 Å². The SMILES string of the molecule is CO[C@]1(CO)O[C@H]2COC(C)(C)O[C@H]2[C@@H]1O. The third kappa shape index (κ3) is 1.75. The number of rotatable bonds is 2. The molecule has 0 unspecified atom stereocenters. The van der Waals surface area contributed by atoms with E-state index in [4.69, 9.17) is 18.9 Å². The molecule has 0 bridgehead atoms. The van der Waals surface area contributed by atoms with Gasteiger partial charge in [-0.3, -0.25) is 0 Å². The maximum Gasteiger partial charge on any atom is 0.221 e. The summed E-state index contributed by atoms with van der Waals surface area (Å²) in [5.74, 6) is -2.16. The number of hydrogen-bond donors (Lipinski definition) is 2. The minimum Gasteiger partial charge on any atom is -0.391 e. The monoisotopic (exact) mass is 234 g/mol. The van der Waals surface area contributed by atoms with Crippen LogP contribution in [-0.4, -0.2) is 60.4 Å². The van der Waals surface area contributed by atoms with E-state index in [0.717, 1.165) is 0 Å². The van der Waals surface area contributed by atoms with Crippen LogP contribution in [0.5, 0.6) is 0 Å². The molecule has 0 radical (unpaired) electrons. The Morgan fingerprint density at radius 2 is 2.06 bits per heavy atom. The lowest BCUT2D eigenvalue weighted by Crippen LogP contribution is -2.52. The molecule has 6 heteroatoms. The van der Waals surface area contributed by atoms with Crippen LogP contribution in [0.4, 0.5) is 0 Å². The smallest absolute Gasteiger partial charge is 0.221 e. The average Bonchev–Trinajstić information content (AvgIpc) is 2.52. The normalized spacial score (nSPS) is 46.7. The minimum absolute atomic E-state index is 0.305. The van der Waals surface area contributed by atoms with E-state index in [-0.39, 0.29) is 0 Å². The Hall–Kier alpha value is -0.240. The number of aliphatic hydroxyl groups is 2. The summed E-state index contributed by atoms with van der Waals surface area (Å²) < 4.78 is 21.5. The lowest BCUT2D eigenvalue weighted by Gasteiger charge is -2.37. The molecule has 0 saturated carbocycles. The summed E-state index contributed by atoms with van der Waals surface area (Å²) >= 11 is 0. The van der Waals surface area contributed by atoms with E-state index < -0.39 is 36.5 Å². The topological polar surface area (TPSA) is 77.4 Å². The van der Waals surface area contributed by atoms with Crippen molar-refractivity contribution in [3.05, 3.63) is 0 Å². The first-order chi connectivity index (χ1) is 7.44. The highest BCUT2D eigenvalue weighted by Crippen LogP contribution is 2.38. The van der Waals surface area contributed by atoms with Crippen LogP contribution in [0.1, 0.15) is 13.8 Å². The zero-order valence-electron chi connectivity index (χ0n) is 9.67. The fourth-order valence-electron chi connectivity index (χ4n) is 2.12. The highest BCUT2D eigenvalue weighted by atomic mass is 16.8. The molecule has 0 amide bonds. The van der Waals surface area contributed by atoms with Gasteiger partial charge in [-0.05, 0) is 13.8 Å². The maximum atomic E-state index is 10.1. The molecule has 2 saturated heterocycles. The summed E-state index contributed by atoms with van der Waals surface area (Å²) in [5, 5.41) is 19.3. The van der Waals surface area contributed by atoms with Gasteiger partial charge >= 0.3 is 0 Å². The molecule has 2 aliphatic heterocycles. The molecule has 0 aromatic rings. The number of ether oxygens (including phenoxy) is 4. The molecule has 0 aliphatic carbocycles. The first kappa shape index (κ1) is 12.2. The second-order valence-electron chi connectivity index (χ2n) is 4.57. The van der Waals surface area contributed by atoms with Crippen molar-refractivity contribution < 1.29 is 29.2 Å². The molecule has 2 N–H and O–H groups in total. The van der Waals surface area contributed by atoms with E-state index in [2.05, 4.69) is 0 Å². The van der Waals surface area contributed by atoms with Crippen molar-refractivity contribution in [3.8, 4) is 0 Å². The van der Waals surface area contributed by atoms with Gasteiger partial charge in [0.25, 0.3) is 0 Å². The van der Waals surface area contributed by atoms with E-state index in [1.807, 2.05) is 0 Å². The molecule has 2 rings (SSSR count). The summed E-state index contributed by atoms with van der Waals surface area (Å²) in [7, 11) is 1.38. The molecule has 94 valence electrons. The van der Waals surface area contributed by atoms with Crippen LogP contribution in [0.2, 0.25) is 0 Å². The standard InChI is InChI=1S/C10H18O6/c1-9(2)14-4-6-7(16-9)8(12)10(5-11,13-3)15-6/h6-8,11-12H,4-5H2,1-3H3/t6-,7+,8-,10+/m0/s1. The van der Waals surface area contributed by atoms with Gasteiger partial charge in [0.1, 0.15) is 24.9 Å². The van der Waals surface area contributed by atoms with Crippen molar-refractivity contribution >= 4 is 0 Å². The van der Waals surface area contributed by atoms with Crippen LogP contribution < -0.4 is 0 Å². The van der Waals surface area contributed by atoms with Gasteiger partial charge in [0.15, 0.2) is 5.79 Å². The van der Waals surface area contributed by atoms with Crippen LogP contribution >= 0.6 is 0 Å². The second kappa shape index (κ2) is 3.90. The Kier molecular flexibility index (Phi) is 2.98. The Morgan fingerprint density at radius 3 is 2.62 bits per heavy atom. The highest BCUT2D eigenvalue weighted by Gasteiger charge is 2.58. The van der Waals surface area contributed by atoms with Crippen molar-refractivity contribution in [2.24, 2.45) is 0 Å². The summed E-state index contributed by atoms with van der Waals surface area (Å²) in [6.45, 7) is 3.41. The van der Waals surface area contributed by atoms with E-state index in [0.29, 0.717) is 6.61 Å². The molecule has 2 heterocycles. The van der Waals surface area contributed by atoms with Crippen molar-refractivity contribution in [1.29, 1.82) is 0 Å². The Bertz CT molecular complexity index is 262. The zero-order valence-corrected chi connectivity index (χ0v) is 9.67. The lowest BCUT2D eigenvalue weighted by atomic mass is 10.0. The molecule has 0 spiro atoms. The Morgan fingerprint density at radius 1 is 1.38 bits per heavy atom. The van der Waals surface area contributed by atoms with Crippen LogP contribution in [0, 0.1) is 0 Å². The van der Waals surface area contributed by atoms with Gasteiger partial charge < -0.3 is 29.2 Å². The predicted molar refractivity (Wildman–Crippen MR) is 52.6 cm³/mol. The van der Waals surface area contributed by atoms with Crippen molar-refractivity contribution in [2.45, 2.75) is 43.7 Å². The zero-order chi connectivity index (χ0) is 12.0. The molecular formula is C10H18O6. The first-order valence-corrected chi connectivity index (χ1v) is 5.28. The van der Waals surface area contributed by atoms with Crippen molar-refractivity contribution in [3.63, 3.8) is 0 Å². The molecule has 4 atom stereocenters. The van der Waals surface area contributed by atoms with Crippen LogP contribution in [0.3, 0.4) is 0 Å². The van der Waals surface area contributed by atoms with Gasteiger partial charge in [0.2, 0.25) is 5.79 Å². The molecule has 2 fully saturated rings. The highest BCUT2D eigenvalue weighted by molar-refractivity contribution is 4.99. The number of fused-ring (bicyclic) bond motifs is 1. The van der Waals surface area contributed by atoms with Crippen molar-refractivity contribution in [2.75, 3.05) is 20.3 Å². The fraction of sp³-hybridized carbons (Fsp3) is 1.00. The van der Waals surface area contributed by atoms with Crippen LogP contribution in [0.15, 0.2) is 0 Å². The summed E-state index contributed by atoms with van der Waals surface area (Å²) in [6, 6.07) is 0. The van der Waals surface area contributed by atoms with Crippen LogP contribution in [0.25, 0.3) is 0 Å². The largest absolute Gasteiger partial charge is 0.391 e. The molecule has 6 nitrogen and oxygen atoms in total. The molecule has 2 aliphatic rings. The van der Waals surface area contributed by atoms with Gasteiger partial charge in [-0.15, -0.1) is 0 Å². The van der Waals surface area contributed by atoms with Crippen LogP contribution in [-0.2, 0) is 18.9 Å². The summed E-state index contributed by atoms with van der Waals surface area (Å²) in [6.07, 6.45) is -2.00. The van der Waals surface area contributed by atoms with Gasteiger partial charge in [0.05, 0.1) is 6.61 Å². The predicted octanol–water partition coefficient (Wildman–Crippen LogP) is -0.767. The quantitative estimate of drug-likeness (QED) is 0.653. The Balaban J connectivity index is 2.18. The number of aliphatic hydroxyl groups excluding tert-OH is 2. The third-order valence-corrected chi connectivity index (χ3v) is 3.06. The molecular weight excluding hydrogens is 216 g/mol. The maximum absolute atomic E-state index is 10.1. The van der Waals surface area contributed by atoms with E-state index in [1.54, 1.807) is 13.8 Å². The average molecular weight is 234 g/mol. The van der Waals surface area contributed by atoms with Gasteiger partial charge in [-0.2, -0.15) is 0 Å². The molecule has 0 aromatic carbocycles. The summed E-state index contributed by atoms with van der Waals surface area (Å²) in [5.41, 5.74) is 0.